The molecule has 1 amide bonds. The summed E-state index contributed by atoms with van der Waals surface area (Å²) in [4.78, 5) is 25.8. The molecule has 3 atom stereocenters. The lowest BCUT2D eigenvalue weighted by Crippen LogP contribution is -2.47. The summed E-state index contributed by atoms with van der Waals surface area (Å²) in [5, 5.41) is 12.7. The molecular formula is C26H35NO4. The van der Waals surface area contributed by atoms with E-state index in [1.54, 1.807) is 12.1 Å². The zero-order valence-electron chi connectivity index (χ0n) is 19.4. The fourth-order valence-corrected chi connectivity index (χ4v) is 4.00. The molecule has 0 bridgehead atoms. The van der Waals surface area contributed by atoms with Crippen LogP contribution in [0.1, 0.15) is 56.7 Å². The molecule has 5 nitrogen and oxygen atoms in total. The molecular weight excluding hydrogens is 390 g/mol. The molecule has 2 aromatic rings. The smallest absolute Gasteiger partial charge is 0.328 e. The van der Waals surface area contributed by atoms with Gasteiger partial charge in [0.1, 0.15) is 11.8 Å². The van der Waals surface area contributed by atoms with Crippen LogP contribution in [0.25, 0.3) is 0 Å². The Labute approximate surface area is 185 Å². The molecule has 2 aromatic carbocycles. The maximum atomic E-state index is 13.6. The van der Waals surface area contributed by atoms with Gasteiger partial charge in [0, 0.05) is 5.92 Å². The molecule has 2 N–H and O–H groups in total. The van der Waals surface area contributed by atoms with Crippen molar-refractivity contribution < 1.29 is 19.4 Å². The minimum absolute atomic E-state index is 0.0115. The summed E-state index contributed by atoms with van der Waals surface area (Å²) >= 11 is 0. The van der Waals surface area contributed by atoms with Crippen molar-refractivity contribution in [2.45, 2.75) is 53.0 Å². The number of phenolic OH excluding ortho intramolecular Hbond substituents is 1. The zero-order valence-corrected chi connectivity index (χ0v) is 19.4. The molecule has 0 spiro atoms. The molecule has 0 saturated carbocycles. The van der Waals surface area contributed by atoms with Crippen LogP contribution in [-0.2, 0) is 14.3 Å². The number of carbonyl (C=O) groups excluding carboxylic acids is 2. The first-order valence-electron chi connectivity index (χ1n) is 10.9. The standard InChI is InChI=1S/C26H35NO4/c1-16(2)15-22(26(30)31-6)27-25(29)23(17(3)4)24(19-9-7-18(5)8-10-19)20-11-13-21(28)14-12-20/h7-14,16-17,22-24,28H,15H2,1-6H3,(H,27,29)/t22-,23+,24?/m0/s1. The van der Waals surface area contributed by atoms with E-state index >= 15 is 0 Å². The quantitative estimate of drug-likeness (QED) is 0.566. The molecule has 5 heteroatoms. The van der Waals surface area contributed by atoms with Crippen LogP contribution in [0.4, 0.5) is 0 Å². The van der Waals surface area contributed by atoms with E-state index in [0.29, 0.717) is 6.42 Å². The van der Waals surface area contributed by atoms with Gasteiger partial charge in [-0.3, -0.25) is 4.79 Å². The molecule has 0 fully saturated rings. The molecule has 168 valence electrons. The van der Waals surface area contributed by atoms with Crippen molar-refractivity contribution in [3.05, 3.63) is 65.2 Å². The zero-order chi connectivity index (χ0) is 23.1. The molecule has 0 heterocycles. The number of amides is 1. The lowest BCUT2D eigenvalue weighted by molar-refractivity contribution is -0.146. The maximum Gasteiger partial charge on any atom is 0.328 e. The van der Waals surface area contributed by atoms with Crippen LogP contribution in [0.15, 0.2) is 48.5 Å². The van der Waals surface area contributed by atoms with Crippen LogP contribution in [0.2, 0.25) is 0 Å². The normalized spacial score (nSPS) is 14.2. The Bertz CT molecular complexity index is 810. The van der Waals surface area contributed by atoms with Crippen molar-refractivity contribution in [1.82, 2.24) is 5.32 Å². The lowest BCUT2D eigenvalue weighted by atomic mass is 9.74. The Balaban J connectivity index is 2.47. The first kappa shape index (κ1) is 24.4. The third kappa shape index (κ3) is 6.58. The average molecular weight is 426 g/mol. The number of carbonyl (C=O) groups is 2. The van der Waals surface area contributed by atoms with Crippen molar-refractivity contribution in [2.24, 2.45) is 17.8 Å². The number of methoxy groups -OCH3 is 1. The van der Waals surface area contributed by atoms with E-state index in [1.165, 1.54) is 7.11 Å². The highest BCUT2D eigenvalue weighted by atomic mass is 16.5. The molecule has 2 rings (SSSR count). The van der Waals surface area contributed by atoms with Crippen molar-refractivity contribution in [3.63, 3.8) is 0 Å². The molecule has 0 aliphatic heterocycles. The van der Waals surface area contributed by atoms with Crippen LogP contribution in [0, 0.1) is 24.7 Å². The Morgan fingerprint density at radius 2 is 1.45 bits per heavy atom. The number of benzene rings is 2. The van der Waals surface area contributed by atoms with Gasteiger partial charge >= 0.3 is 5.97 Å². The number of aryl methyl sites for hydroxylation is 1. The van der Waals surface area contributed by atoms with E-state index in [1.807, 2.05) is 71.0 Å². The van der Waals surface area contributed by atoms with Crippen LogP contribution in [-0.4, -0.2) is 30.1 Å². The fraction of sp³-hybridized carbons (Fsp3) is 0.462. The summed E-state index contributed by atoms with van der Waals surface area (Å²) in [7, 11) is 1.34. The minimum atomic E-state index is -0.683. The highest BCUT2D eigenvalue weighted by Crippen LogP contribution is 2.37. The van der Waals surface area contributed by atoms with Crippen LogP contribution >= 0.6 is 0 Å². The van der Waals surface area contributed by atoms with Crippen LogP contribution in [0.5, 0.6) is 5.75 Å². The van der Waals surface area contributed by atoms with E-state index in [0.717, 1.165) is 16.7 Å². The van der Waals surface area contributed by atoms with Gasteiger partial charge in [0.05, 0.1) is 13.0 Å². The van der Waals surface area contributed by atoms with Crippen molar-refractivity contribution in [3.8, 4) is 5.75 Å². The molecule has 0 saturated heterocycles. The number of ether oxygens (including phenoxy) is 1. The molecule has 31 heavy (non-hydrogen) atoms. The largest absolute Gasteiger partial charge is 0.508 e. The SMILES string of the molecule is COC(=O)[C@H](CC(C)C)NC(=O)[C@H](C(C)C)C(c1ccc(C)cc1)c1ccc(O)cc1. The van der Waals surface area contributed by atoms with E-state index in [-0.39, 0.29) is 29.4 Å². The number of phenols is 1. The predicted molar refractivity (Wildman–Crippen MR) is 123 cm³/mol. The van der Waals surface area contributed by atoms with Gasteiger partial charge in [0.25, 0.3) is 0 Å². The highest BCUT2D eigenvalue weighted by molar-refractivity contribution is 5.86. The first-order valence-corrected chi connectivity index (χ1v) is 10.9. The summed E-state index contributed by atoms with van der Waals surface area (Å²) in [5.41, 5.74) is 3.10. The molecule has 1 unspecified atom stereocenters. The van der Waals surface area contributed by atoms with Crippen molar-refractivity contribution in [2.75, 3.05) is 7.11 Å². The summed E-state index contributed by atoms with van der Waals surface area (Å²) in [5.74, 6) is -0.820. The van der Waals surface area contributed by atoms with Crippen LogP contribution in [0.3, 0.4) is 0 Å². The number of hydrogen-bond donors (Lipinski definition) is 2. The third-order valence-corrected chi connectivity index (χ3v) is 5.58. The average Bonchev–Trinajstić information content (AvgIpc) is 2.71. The number of aromatic hydroxyl groups is 1. The summed E-state index contributed by atoms with van der Waals surface area (Å²) in [6, 6.07) is 14.5. The molecule has 0 aliphatic carbocycles. The summed E-state index contributed by atoms with van der Waals surface area (Å²) in [6.07, 6.45) is 0.512. The van der Waals surface area contributed by atoms with Gasteiger partial charge in [-0.15, -0.1) is 0 Å². The monoisotopic (exact) mass is 425 g/mol. The minimum Gasteiger partial charge on any atom is -0.508 e. The fourth-order valence-electron chi connectivity index (χ4n) is 4.00. The van der Waals surface area contributed by atoms with E-state index in [9.17, 15) is 14.7 Å². The second kappa shape index (κ2) is 11.0. The molecule has 0 aromatic heterocycles. The van der Waals surface area contributed by atoms with Crippen LogP contribution < -0.4 is 5.32 Å². The molecule has 0 aliphatic rings. The van der Waals surface area contributed by atoms with E-state index in [4.69, 9.17) is 4.74 Å². The second-order valence-electron chi connectivity index (χ2n) is 8.96. The van der Waals surface area contributed by atoms with Crippen molar-refractivity contribution in [1.29, 1.82) is 0 Å². The summed E-state index contributed by atoms with van der Waals surface area (Å²) < 4.78 is 4.93. The van der Waals surface area contributed by atoms with Gasteiger partial charge in [0.15, 0.2) is 0 Å². The van der Waals surface area contributed by atoms with Gasteiger partial charge in [-0.05, 0) is 48.4 Å². The van der Waals surface area contributed by atoms with Gasteiger partial charge in [0.2, 0.25) is 5.91 Å². The maximum absolute atomic E-state index is 13.6. The highest BCUT2D eigenvalue weighted by Gasteiger charge is 2.35. The lowest BCUT2D eigenvalue weighted by Gasteiger charge is -2.32. The topological polar surface area (TPSA) is 75.6 Å². The Morgan fingerprint density at radius 1 is 0.935 bits per heavy atom. The third-order valence-electron chi connectivity index (χ3n) is 5.58. The predicted octanol–water partition coefficient (Wildman–Crippen LogP) is 4.81. The van der Waals surface area contributed by atoms with E-state index in [2.05, 4.69) is 5.32 Å². The van der Waals surface area contributed by atoms with E-state index < -0.39 is 17.9 Å². The number of rotatable bonds is 9. The summed E-state index contributed by atoms with van der Waals surface area (Å²) in [6.45, 7) is 10.1. The number of esters is 1. The van der Waals surface area contributed by atoms with Gasteiger partial charge in [-0.1, -0.05) is 69.7 Å². The Hall–Kier alpha value is -2.82. The van der Waals surface area contributed by atoms with Gasteiger partial charge < -0.3 is 15.2 Å². The van der Waals surface area contributed by atoms with Gasteiger partial charge in [-0.25, -0.2) is 4.79 Å². The number of nitrogens with one attached hydrogen (secondary N) is 1. The Morgan fingerprint density at radius 3 is 1.90 bits per heavy atom. The van der Waals surface area contributed by atoms with Gasteiger partial charge in [-0.2, -0.15) is 0 Å². The van der Waals surface area contributed by atoms with Crippen molar-refractivity contribution >= 4 is 11.9 Å². The Kier molecular flexibility index (Phi) is 8.66. The second-order valence-corrected chi connectivity index (χ2v) is 8.96. The first-order chi connectivity index (χ1) is 14.6. The molecule has 0 radical (unpaired) electrons. The number of hydrogen-bond acceptors (Lipinski definition) is 4.